The Hall–Kier alpha value is -2.74. The second kappa shape index (κ2) is 9.81. The van der Waals surface area contributed by atoms with Gasteiger partial charge < -0.3 is 10.4 Å². The molecule has 1 aliphatic rings. The van der Waals surface area contributed by atoms with Crippen LogP contribution in [-0.2, 0) is 29.1 Å². The topological polar surface area (TPSA) is 117 Å². The van der Waals surface area contributed by atoms with E-state index in [1.807, 2.05) is 0 Å². The Morgan fingerprint density at radius 3 is 2.66 bits per heavy atom. The summed E-state index contributed by atoms with van der Waals surface area (Å²) in [6.07, 6.45) is -1.50. The third-order valence-electron chi connectivity index (χ3n) is 4.79. The van der Waals surface area contributed by atoms with Crippen LogP contribution in [0.15, 0.2) is 29.1 Å². The van der Waals surface area contributed by atoms with Gasteiger partial charge in [-0.3, -0.25) is 14.2 Å². The van der Waals surface area contributed by atoms with Crippen molar-refractivity contribution in [2.45, 2.75) is 25.2 Å². The highest BCUT2D eigenvalue weighted by molar-refractivity contribution is 7.77. The zero-order valence-corrected chi connectivity index (χ0v) is 18.4. The summed E-state index contributed by atoms with van der Waals surface area (Å²) in [6, 6.07) is 4.46. The minimum atomic E-state index is -2.07. The van der Waals surface area contributed by atoms with E-state index in [0.29, 0.717) is 5.56 Å². The predicted octanol–water partition coefficient (Wildman–Crippen LogP) is 0.712. The number of carbonyl (C=O) groups is 1. The van der Waals surface area contributed by atoms with E-state index in [-0.39, 0.29) is 25.3 Å². The van der Waals surface area contributed by atoms with Crippen molar-refractivity contribution < 1.29 is 27.2 Å². The maximum atomic E-state index is 14.2. The molecule has 1 fully saturated rings. The number of aromatic nitrogens is 2. The molecule has 1 saturated heterocycles. The molecule has 1 aromatic carbocycles. The number of halogens is 2. The average Bonchev–Trinajstić information content (AvgIpc) is 3.12. The number of carbonyl (C=O) groups excluding carboxylic acids is 1. The fourth-order valence-corrected chi connectivity index (χ4v) is 4.27. The minimum Gasteiger partial charge on any atom is -0.501 e. The SMILES string of the molecule is CN(C)OS(=O)N1C[C@@H](F)C[C@H]1c1nc(C(=O)NCc2ccc(F)cc2)c(O)c(=O)n1C. The van der Waals surface area contributed by atoms with Gasteiger partial charge in [-0.1, -0.05) is 12.1 Å². The van der Waals surface area contributed by atoms with Gasteiger partial charge in [-0.15, -0.1) is 0 Å². The Balaban J connectivity index is 1.90. The summed E-state index contributed by atoms with van der Waals surface area (Å²) in [7, 11) is 4.33. The summed E-state index contributed by atoms with van der Waals surface area (Å²) >= 11 is -2.07. The van der Waals surface area contributed by atoms with Crippen molar-refractivity contribution in [1.82, 2.24) is 24.2 Å². The number of aromatic hydroxyl groups is 1. The van der Waals surface area contributed by atoms with Crippen LogP contribution < -0.4 is 10.9 Å². The lowest BCUT2D eigenvalue weighted by molar-refractivity contribution is 0.00472. The van der Waals surface area contributed by atoms with Crippen LogP contribution in [0.1, 0.15) is 34.3 Å². The van der Waals surface area contributed by atoms with Crippen LogP contribution in [0.5, 0.6) is 5.75 Å². The molecule has 32 heavy (non-hydrogen) atoms. The molecule has 0 aliphatic carbocycles. The van der Waals surface area contributed by atoms with Crippen molar-refractivity contribution in [2.75, 3.05) is 20.6 Å². The Bertz CT molecular complexity index is 1080. The molecule has 1 unspecified atom stereocenters. The van der Waals surface area contributed by atoms with E-state index in [1.165, 1.54) is 54.8 Å². The Morgan fingerprint density at radius 1 is 1.38 bits per heavy atom. The van der Waals surface area contributed by atoms with E-state index < -0.39 is 52.2 Å². The highest BCUT2D eigenvalue weighted by Gasteiger charge is 2.41. The van der Waals surface area contributed by atoms with Gasteiger partial charge in [-0.05, 0) is 17.7 Å². The lowest BCUT2D eigenvalue weighted by atomic mass is 10.2. The number of hydrogen-bond acceptors (Lipinski definition) is 7. The first-order valence-electron chi connectivity index (χ1n) is 9.59. The van der Waals surface area contributed by atoms with Gasteiger partial charge in [0.25, 0.3) is 22.7 Å². The summed E-state index contributed by atoms with van der Waals surface area (Å²) in [4.78, 5) is 29.3. The van der Waals surface area contributed by atoms with Crippen LogP contribution in [-0.4, -0.2) is 61.0 Å². The quantitative estimate of drug-likeness (QED) is 0.572. The molecule has 0 saturated carbocycles. The van der Waals surface area contributed by atoms with Gasteiger partial charge in [0.2, 0.25) is 5.75 Å². The summed E-state index contributed by atoms with van der Waals surface area (Å²) in [6.45, 7) is -0.235. The number of benzene rings is 1. The fraction of sp³-hybridized carbons (Fsp3) is 0.421. The summed E-state index contributed by atoms with van der Waals surface area (Å²) in [5.41, 5.74) is -0.878. The van der Waals surface area contributed by atoms with Gasteiger partial charge in [-0.2, -0.15) is 13.7 Å². The highest BCUT2D eigenvalue weighted by Crippen LogP contribution is 2.34. The second-order valence-electron chi connectivity index (χ2n) is 7.39. The van der Waals surface area contributed by atoms with E-state index in [9.17, 15) is 27.7 Å². The number of hydrogen-bond donors (Lipinski definition) is 2. The molecule has 1 amide bonds. The molecule has 0 radical (unpaired) electrons. The molecule has 3 rings (SSSR count). The minimum absolute atomic E-state index is 0.00637. The van der Waals surface area contributed by atoms with Crippen molar-refractivity contribution >= 4 is 17.2 Å². The molecule has 174 valence electrons. The third kappa shape index (κ3) is 5.18. The van der Waals surface area contributed by atoms with Crippen LogP contribution in [0.3, 0.4) is 0 Å². The van der Waals surface area contributed by atoms with Crippen molar-refractivity contribution in [3.05, 3.63) is 57.5 Å². The van der Waals surface area contributed by atoms with Gasteiger partial charge in [0.1, 0.15) is 17.8 Å². The number of nitrogens with one attached hydrogen (secondary N) is 1. The number of alkyl halides is 1. The Morgan fingerprint density at radius 2 is 2.03 bits per heavy atom. The number of rotatable bonds is 7. The molecule has 0 spiro atoms. The first-order chi connectivity index (χ1) is 15.1. The van der Waals surface area contributed by atoms with Gasteiger partial charge in [-0.25, -0.2) is 18.0 Å². The maximum Gasteiger partial charge on any atom is 0.296 e. The second-order valence-corrected chi connectivity index (χ2v) is 8.45. The average molecular weight is 471 g/mol. The van der Waals surface area contributed by atoms with Crippen LogP contribution in [0.4, 0.5) is 8.78 Å². The molecule has 2 heterocycles. The highest BCUT2D eigenvalue weighted by atomic mass is 32.2. The van der Waals surface area contributed by atoms with E-state index in [1.54, 1.807) is 0 Å². The van der Waals surface area contributed by atoms with Crippen molar-refractivity contribution in [1.29, 1.82) is 0 Å². The first kappa shape index (κ1) is 23.9. The third-order valence-corrected chi connectivity index (χ3v) is 6.00. The maximum absolute atomic E-state index is 14.2. The zero-order valence-electron chi connectivity index (χ0n) is 17.6. The van der Waals surface area contributed by atoms with Crippen LogP contribution in [0.2, 0.25) is 0 Å². The summed E-state index contributed by atoms with van der Waals surface area (Å²) < 4.78 is 47.0. The van der Waals surface area contributed by atoms with Crippen molar-refractivity contribution in [3.8, 4) is 5.75 Å². The normalized spacial score (nSPS) is 19.9. The molecule has 10 nitrogen and oxygen atoms in total. The summed E-state index contributed by atoms with van der Waals surface area (Å²) in [5.74, 6) is -2.20. The number of amides is 1. The monoisotopic (exact) mass is 471 g/mol. The molecular weight excluding hydrogens is 448 g/mol. The molecule has 2 N–H and O–H groups in total. The first-order valence-corrected chi connectivity index (χ1v) is 10.6. The zero-order chi connectivity index (χ0) is 23.6. The molecular formula is C19H23F2N5O5S. The molecule has 1 aliphatic heterocycles. The van der Waals surface area contributed by atoms with E-state index in [4.69, 9.17) is 4.28 Å². The van der Waals surface area contributed by atoms with Gasteiger partial charge in [0.05, 0.1) is 6.04 Å². The Kier molecular flexibility index (Phi) is 7.33. The van der Waals surface area contributed by atoms with E-state index in [0.717, 1.165) is 4.57 Å². The molecule has 3 atom stereocenters. The molecule has 1 aromatic heterocycles. The van der Waals surface area contributed by atoms with Crippen molar-refractivity contribution in [2.24, 2.45) is 7.05 Å². The molecule has 0 bridgehead atoms. The fourth-order valence-electron chi connectivity index (χ4n) is 3.26. The van der Waals surface area contributed by atoms with Gasteiger partial charge in [0, 0.05) is 40.7 Å². The van der Waals surface area contributed by atoms with Gasteiger partial charge >= 0.3 is 0 Å². The lowest BCUT2D eigenvalue weighted by Gasteiger charge is -2.24. The van der Waals surface area contributed by atoms with Crippen LogP contribution >= 0.6 is 0 Å². The van der Waals surface area contributed by atoms with Crippen LogP contribution in [0.25, 0.3) is 0 Å². The lowest BCUT2D eigenvalue weighted by Crippen LogP contribution is -2.36. The summed E-state index contributed by atoms with van der Waals surface area (Å²) in [5, 5.41) is 13.9. The van der Waals surface area contributed by atoms with Crippen LogP contribution in [0, 0.1) is 5.82 Å². The predicted molar refractivity (Wildman–Crippen MR) is 111 cm³/mol. The molecule has 2 aromatic rings. The Labute approximate surface area is 185 Å². The molecule has 13 heteroatoms. The van der Waals surface area contributed by atoms with E-state index >= 15 is 0 Å². The number of nitrogens with zero attached hydrogens (tertiary/aromatic N) is 4. The largest absolute Gasteiger partial charge is 0.501 e. The van der Waals surface area contributed by atoms with Gasteiger partial charge in [0.15, 0.2) is 5.69 Å². The smallest absolute Gasteiger partial charge is 0.296 e. The standard InChI is InChI=1S/C19H23F2N5O5S/c1-24(2)31-32(30)26-10-13(21)8-14(26)17-23-15(16(27)19(29)25(17)3)18(28)22-9-11-4-6-12(20)7-5-11/h4-7,13-14,27H,8-10H2,1-3H3,(H,22,28)/t13-,14-,32?/m0/s1. The van der Waals surface area contributed by atoms with E-state index in [2.05, 4.69) is 10.3 Å². The number of hydroxylamine groups is 2. The van der Waals surface area contributed by atoms with Crippen molar-refractivity contribution in [3.63, 3.8) is 0 Å².